The van der Waals surface area contributed by atoms with E-state index in [1.807, 2.05) is 44.2 Å². The van der Waals surface area contributed by atoms with E-state index in [9.17, 15) is 13.6 Å². The zero-order valence-corrected chi connectivity index (χ0v) is 17.2. The Morgan fingerprint density at radius 3 is 2.19 bits per heavy atom. The quantitative estimate of drug-likeness (QED) is 0.661. The zero-order valence-electron chi connectivity index (χ0n) is 17.2. The first kappa shape index (κ1) is 22.8. The summed E-state index contributed by atoms with van der Waals surface area (Å²) in [6.07, 6.45) is 0.268. The fourth-order valence-corrected chi connectivity index (χ4v) is 2.59. The van der Waals surface area contributed by atoms with Crippen molar-refractivity contribution >= 4 is 11.6 Å². The summed E-state index contributed by atoms with van der Waals surface area (Å²) in [5.41, 5.74) is 0.778. The Kier molecular flexibility index (Phi) is 9.12. The molecule has 0 radical (unpaired) electrons. The molecule has 1 aliphatic rings. The first-order chi connectivity index (χ1) is 12.9. The van der Waals surface area contributed by atoms with Crippen LogP contribution in [0.2, 0.25) is 0 Å². The standard InChI is InChI=1S/C16H17F2N3O.C3H8.C2H6/c1-10-13(14(15(17)18)19-20(10)2)16(22)21(12-8-9-12)11-6-4-3-5-7-11;1-3-2;1-2/h3-7,12,15H,8-9H2,1-2H3;3H2,1-2H3;1-2H3. The number of hydrogen-bond acceptors (Lipinski definition) is 2. The summed E-state index contributed by atoms with van der Waals surface area (Å²) in [6.45, 7) is 9.89. The Bertz CT molecular complexity index is 710. The van der Waals surface area contributed by atoms with Gasteiger partial charge >= 0.3 is 0 Å². The lowest BCUT2D eigenvalue weighted by Gasteiger charge is -2.23. The second-order valence-corrected chi connectivity index (χ2v) is 6.22. The lowest BCUT2D eigenvalue weighted by molar-refractivity contribution is 0.0969. The van der Waals surface area contributed by atoms with Gasteiger partial charge in [0.05, 0.1) is 5.56 Å². The second-order valence-electron chi connectivity index (χ2n) is 6.22. The Labute approximate surface area is 161 Å². The number of hydrogen-bond donors (Lipinski definition) is 0. The van der Waals surface area contributed by atoms with Crippen LogP contribution in [0.5, 0.6) is 0 Å². The number of nitrogens with zero attached hydrogens (tertiary/aromatic N) is 3. The smallest absolute Gasteiger partial charge is 0.282 e. The normalized spacial score (nSPS) is 12.6. The van der Waals surface area contributed by atoms with Gasteiger partial charge in [0.1, 0.15) is 5.69 Å². The van der Waals surface area contributed by atoms with Crippen LogP contribution in [0.3, 0.4) is 0 Å². The first-order valence-corrected chi connectivity index (χ1v) is 9.62. The SMILES string of the molecule is CC.CCC.Cc1c(C(=O)N(c2ccccc2)C2CC2)c(C(F)F)nn1C. The van der Waals surface area contributed by atoms with Crippen LogP contribution in [0.15, 0.2) is 30.3 Å². The van der Waals surface area contributed by atoms with Crippen molar-refractivity contribution in [1.82, 2.24) is 9.78 Å². The molecule has 1 fully saturated rings. The van der Waals surface area contributed by atoms with E-state index >= 15 is 0 Å². The average molecular weight is 379 g/mol. The Morgan fingerprint density at radius 1 is 1.22 bits per heavy atom. The van der Waals surface area contributed by atoms with Gasteiger partial charge in [-0.3, -0.25) is 9.48 Å². The average Bonchev–Trinajstić information content (AvgIpc) is 3.44. The van der Waals surface area contributed by atoms with Crippen LogP contribution in [-0.4, -0.2) is 21.7 Å². The first-order valence-electron chi connectivity index (χ1n) is 9.62. The van der Waals surface area contributed by atoms with Crippen LogP contribution in [0, 0.1) is 6.92 Å². The molecular weight excluding hydrogens is 348 g/mol. The molecule has 4 nitrogen and oxygen atoms in total. The van der Waals surface area contributed by atoms with Gasteiger partial charge in [-0.15, -0.1) is 0 Å². The molecule has 6 heteroatoms. The maximum atomic E-state index is 13.2. The predicted octanol–water partition coefficient (Wildman–Crippen LogP) is 5.92. The van der Waals surface area contributed by atoms with Crippen LogP contribution < -0.4 is 4.90 Å². The molecule has 3 rings (SSSR count). The summed E-state index contributed by atoms with van der Waals surface area (Å²) in [4.78, 5) is 14.5. The van der Waals surface area contributed by atoms with Gasteiger partial charge < -0.3 is 4.90 Å². The zero-order chi connectivity index (χ0) is 20.6. The highest BCUT2D eigenvalue weighted by Gasteiger charge is 2.37. The van der Waals surface area contributed by atoms with Crippen LogP contribution in [0.25, 0.3) is 0 Å². The molecule has 1 saturated carbocycles. The number of anilines is 1. The largest absolute Gasteiger partial charge is 0.305 e. The molecule has 1 aromatic heterocycles. The molecule has 0 bridgehead atoms. The monoisotopic (exact) mass is 379 g/mol. The summed E-state index contributed by atoms with van der Waals surface area (Å²) >= 11 is 0. The van der Waals surface area contributed by atoms with Crippen LogP contribution in [0.1, 0.15) is 75.1 Å². The topological polar surface area (TPSA) is 38.1 Å². The summed E-state index contributed by atoms with van der Waals surface area (Å²) in [5.74, 6) is -0.394. The molecule has 1 heterocycles. The molecule has 0 spiro atoms. The number of halogens is 2. The van der Waals surface area contributed by atoms with Gasteiger partial charge in [0.2, 0.25) is 0 Å². The predicted molar refractivity (Wildman–Crippen MR) is 106 cm³/mol. The lowest BCUT2D eigenvalue weighted by atomic mass is 10.1. The number of carbonyl (C=O) groups is 1. The van der Waals surface area contributed by atoms with Gasteiger partial charge in [-0.1, -0.05) is 52.3 Å². The number of rotatable bonds is 4. The molecule has 0 N–H and O–H groups in total. The van der Waals surface area contributed by atoms with Crippen LogP contribution in [-0.2, 0) is 7.05 Å². The molecule has 1 aliphatic carbocycles. The van der Waals surface area contributed by atoms with E-state index in [1.54, 1.807) is 18.9 Å². The third-order valence-electron chi connectivity index (χ3n) is 3.95. The highest BCUT2D eigenvalue weighted by atomic mass is 19.3. The third-order valence-corrected chi connectivity index (χ3v) is 3.95. The molecule has 2 aromatic rings. The molecule has 27 heavy (non-hydrogen) atoms. The highest BCUT2D eigenvalue weighted by molar-refractivity contribution is 6.08. The van der Waals surface area contributed by atoms with Gasteiger partial charge in [-0.25, -0.2) is 8.78 Å². The molecule has 0 atom stereocenters. The van der Waals surface area contributed by atoms with Crippen molar-refractivity contribution in [3.05, 3.63) is 47.3 Å². The summed E-state index contributed by atoms with van der Waals surface area (Å²) in [6, 6.07) is 9.26. The number of aryl methyl sites for hydroxylation is 1. The molecule has 0 saturated heterocycles. The van der Waals surface area contributed by atoms with Gasteiger partial charge in [-0.05, 0) is 31.9 Å². The molecule has 150 valence electrons. The van der Waals surface area contributed by atoms with Crippen LogP contribution >= 0.6 is 0 Å². The van der Waals surface area contributed by atoms with E-state index in [4.69, 9.17) is 0 Å². The fraction of sp³-hybridized carbons (Fsp3) is 0.524. The minimum Gasteiger partial charge on any atom is -0.305 e. The van der Waals surface area contributed by atoms with Crippen LogP contribution in [0.4, 0.5) is 14.5 Å². The third kappa shape index (κ3) is 5.62. The highest BCUT2D eigenvalue weighted by Crippen LogP contribution is 2.35. The molecular formula is C21H31F2N3O. The van der Waals surface area contributed by atoms with E-state index in [0.29, 0.717) is 5.69 Å². The lowest BCUT2D eigenvalue weighted by Crippen LogP contribution is -2.34. The van der Waals surface area contributed by atoms with Crippen molar-refractivity contribution in [2.75, 3.05) is 4.90 Å². The van der Waals surface area contributed by atoms with Gasteiger partial charge in [-0.2, -0.15) is 5.10 Å². The number of para-hydroxylation sites is 1. The van der Waals surface area contributed by atoms with Gasteiger partial charge in [0, 0.05) is 24.5 Å². The van der Waals surface area contributed by atoms with E-state index in [1.165, 1.54) is 11.1 Å². The Morgan fingerprint density at radius 2 is 1.74 bits per heavy atom. The summed E-state index contributed by atoms with van der Waals surface area (Å²) in [5, 5.41) is 3.81. The number of amides is 1. The van der Waals surface area contributed by atoms with Crippen molar-refractivity contribution in [2.24, 2.45) is 7.05 Å². The summed E-state index contributed by atoms with van der Waals surface area (Å²) in [7, 11) is 1.57. The molecule has 1 amide bonds. The minimum atomic E-state index is -2.77. The Balaban J connectivity index is 0.000000665. The van der Waals surface area contributed by atoms with E-state index in [0.717, 1.165) is 18.5 Å². The maximum Gasteiger partial charge on any atom is 0.282 e. The van der Waals surface area contributed by atoms with Crippen molar-refractivity contribution in [3.63, 3.8) is 0 Å². The molecule has 0 aliphatic heterocycles. The number of aromatic nitrogens is 2. The molecule has 0 unspecified atom stereocenters. The van der Waals surface area contributed by atoms with Gasteiger partial charge in [0.15, 0.2) is 0 Å². The van der Waals surface area contributed by atoms with Crippen molar-refractivity contribution < 1.29 is 13.6 Å². The van der Waals surface area contributed by atoms with Crippen molar-refractivity contribution in [2.45, 2.75) is 66.3 Å². The van der Waals surface area contributed by atoms with E-state index < -0.39 is 18.0 Å². The van der Waals surface area contributed by atoms with Gasteiger partial charge in [0.25, 0.3) is 12.3 Å². The number of alkyl halides is 2. The minimum absolute atomic E-state index is 0.0215. The van der Waals surface area contributed by atoms with Crippen molar-refractivity contribution in [1.29, 1.82) is 0 Å². The van der Waals surface area contributed by atoms with E-state index in [-0.39, 0.29) is 11.6 Å². The Hall–Kier alpha value is -2.24. The van der Waals surface area contributed by atoms with E-state index in [2.05, 4.69) is 18.9 Å². The fourth-order valence-electron chi connectivity index (χ4n) is 2.59. The number of carbonyl (C=O) groups excluding carboxylic acids is 1. The summed E-state index contributed by atoms with van der Waals surface area (Å²) < 4.78 is 27.8. The van der Waals surface area contributed by atoms with Crippen molar-refractivity contribution in [3.8, 4) is 0 Å². The number of benzene rings is 1. The second kappa shape index (κ2) is 10.8. The maximum absolute atomic E-state index is 13.2. The molecule has 1 aromatic carbocycles.